The van der Waals surface area contributed by atoms with Gasteiger partial charge in [0.05, 0.1) is 22.8 Å². The van der Waals surface area contributed by atoms with Crippen LogP contribution in [0, 0.1) is 17.0 Å². The lowest BCUT2D eigenvalue weighted by Gasteiger charge is -2.07. The standard InChI is InChI=1S/C17H14ClN3O5S/c1-9-5-11(3-4-12(9)18)26-8-15(22)19-17-20-16-13(25-2)6-10(21(23)24)7-14(16)27-17/h3-7H,8H2,1-2H3,(H,19,20,22). The number of thiazole rings is 1. The number of benzene rings is 2. The number of carbonyl (C=O) groups is 1. The second-order valence-corrected chi connectivity index (χ2v) is 6.96. The number of carbonyl (C=O) groups excluding carboxylic acids is 1. The first-order valence-electron chi connectivity index (χ1n) is 7.69. The summed E-state index contributed by atoms with van der Waals surface area (Å²) in [6, 6.07) is 7.77. The predicted molar refractivity (Wildman–Crippen MR) is 103 cm³/mol. The van der Waals surface area contributed by atoms with E-state index in [0.29, 0.717) is 26.1 Å². The summed E-state index contributed by atoms with van der Waals surface area (Å²) in [6.45, 7) is 1.62. The highest BCUT2D eigenvalue weighted by Crippen LogP contribution is 2.36. The highest BCUT2D eigenvalue weighted by molar-refractivity contribution is 7.22. The maximum atomic E-state index is 12.1. The molecule has 140 valence electrons. The zero-order valence-electron chi connectivity index (χ0n) is 14.3. The van der Waals surface area contributed by atoms with Crippen molar-refractivity contribution in [1.82, 2.24) is 4.98 Å². The fraction of sp³-hybridized carbons (Fsp3) is 0.176. The van der Waals surface area contributed by atoms with Crippen molar-refractivity contribution in [3.05, 3.63) is 51.0 Å². The van der Waals surface area contributed by atoms with Crippen LogP contribution in [0.5, 0.6) is 11.5 Å². The van der Waals surface area contributed by atoms with Crippen LogP contribution in [-0.4, -0.2) is 29.5 Å². The lowest BCUT2D eigenvalue weighted by molar-refractivity contribution is -0.384. The summed E-state index contributed by atoms with van der Waals surface area (Å²) in [5, 5.41) is 14.5. The van der Waals surface area contributed by atoms with Gasteiger partial charge < -0.3 is 9.47 Å². The Balaban J connectivity index is 1.72. The van der Waals surface area contributed by atoms with E-state index < -0.39 is 10.8 Å². The second-order valence-electron chi connectivity index (χ2n) is 5.52. The minimum Gasteiger partial charge on any atom is -0.494 e. The third kappa shape index (κ3) is 4.26. The van der Waals surface area contributed by atoms with Gasteiger partial charge in [-0.3, -0.25) is 20.2 Å². The quantitative estimate of drug-likeness (QED) is 0.485. The SMILES string of the molecule is COc1cc([N+](=O)[O-])cc2sc(NC(=O)COc3ccc(Cl)c(C)c3)nc12. The molecule has 0 spiro atoms. The van der Waals surface area contributed by atoms with Crippen molar-refractivity contribution >= 4 is 49.9 Å². The molecule has 0 aliphatic heterocycles. The highest BCUT2D eigenvalue weighted by atomic mass is 35.5. The minimum atomic E-state index is -0.512. The number of anilines is 1. The largest absolute Gasteiger partial charge is 0.494 e. The summed E-state index contributed by atoms with van der Waals surface area (Å²) < 4.78 is 11.1. The zero-order chi connectivity index (χ0) is 19.6. The molecule has 3 rings (SSSR count). The molecule has 0 saturated carbocycles. The number of fused-ring (bicyclic) bond motifs is 1. The molecule has 1 heterocycles. The van der Waals surface area contributed by atoms with Gasteiger partial charge in [-0.1, -0.05) is 22.9 Å². The third-order valence-electron chi connectivity index (χ3n) is 3.62. The number of nitro groups is 1. The summed E-state index contributed by atoms with van der Waals surface area (Å²) in [5.74, 6) is 0.382. The number of aryl methyl sites for hydroxylation is 1. The van der Waals surface area contributed by atoms with Crippen molar-refractivity contribution in [2.24, 2.45) is 0 Å². The molecule has 1 amide bonds. The molecule has 8 nitrogen and oxygen atoms in total. The summed E-state index contributed by atoms with van der Waals surface area (Å²) in [5.41, 5.74) is 1.18. The predicted octanol–water partition coefficient (Wildman–Crippen LogP) is 4.19. The normalized spacial score (nSPS) is 10.6. The number of halogens is 1. The molecule has 0 unspecified atom stereocenters. The van der Waals surface area contributed by atoms with Crippen LogP contribution in [0.3, 0.4) is 0 Å². The van der Waals surface area contributed by atoms with E-state index in [1.807, 2.05) is 6.92 Å². The van der Waals surface area contributed by atoms with Gasteiger partial charge in [-0.15, -0.1) is 0 Å². The van der Waals surface area contributed by atoms with Crippen LogP contribution in [0.15, 0.2) is 30.3 Å². The number of nitrogens with zero attached hydrogens (tertiary/aromatic N) is 2. The first-order chi connectivity index (χ1) is 12.9. The molecule has 27 heavy (non-hydrogen) atoms. The smallest absolute Gasteiger partial charge is 0.274 e. The van der Waals surface area contributed by atoms with Crippen molar-refractivity contribution < 1.29 is 19.2 Å². The molecule has 0 atom stereocenters. The van der Waals surface area contributed by atoms with Gasteiger partial charge in [-0.25, -0.2) is 4.98 Å². The lowest BCUT2D eigenvalue weighted by Crippen LogP contribution is -2.20. The Labute approximate surface area is 162 Å². The number of hydrogen-bond acceptors (Lipinski definition) is 7. The Morgan fingerprint density at radius 1 is 1.37 bits per heavy atom. The first-order valence-corrected chi connectivity index (χ1v) is 8.88. The van der Waals surface area contributed by atoms with E-state index in [9.17, 15) is 14.9 Å². The van der Waals surface area contributed by atoms with Crippen molar-refractivity contribution in [3.8, 4) is 11.5 Å². The molecule has 0 aliphatic rings. The van der Waals surface area contributed by atoms with E-state index in [4.69, 9.17) is 21.1 Å². The van der Waals surface area contributed by atoms with E-state index in [0.717, 1.165) is 16.9 Å². The topological polar surface area (TPSA) is 104 Å². The summed E-state index contributed by atoms with van der Waals surface area (Å²) in [7, 11) is 1.40. The molecule has 2 aromatic carbocycles. The van der Waals surface area contributed by atoms with E-state index in [2.05, 4.69) is 10.3 Å². The van der Waals surface area contributed by atoms with Gasteiger partial charge in [0.1, 0.15) is 11.3 Å². The monoisotopic (exact) mass is 407 g/mol. The zero-order valence-corrected chi connectivity index (χ0v) is 15.9. The highest BCUT2D eigenvalue weighted by Gasteiger charge is 2.17. The Bertz CT molecular complexity index is 1040. The minimum absolute atomic E-state index is 0.109. The van der Waals surface area contributed by atoms with Gasteiger partial charge >= 0.3 is 0 Å². The summed E-state index contributed by atoms with van der Waals surface area (Å²) in [6.07, 6.45) is 0. The van der Waals surface area contributed by atoms with Crippen molar-refractivity contribution in [3.63, 3.8) is 0 Å². The van der Waals surface area contributed by atoms with Crippen molar-refractivity contribution in [2.45, 2.75) is 6.92 Å². The Kier molecular flexibility index (Phi) is 5.43. The van der Waals surface area contributed by atoms with Crippen LogP contribution < -0.4 is 14.8 Å². The van der Waals surface area contributed by atoms with Gasteiger partial charge in [-0.2, -0.15) is 0 Å². The number of non-ortho nitro benzene ring substituents is 1. The maximum Gasteiger partial charge on any atom is 0.274 e. The Hall–Kier alpha value is -2.91. The number of nitrogens with one attached hydrogen (secondary N) is 1. The van der Waals surface area contributed by atoms with Gasteiger partial charge in [0, 0.05) is 11.1 Å². The molecule has 3 aromatic rings. The van der Waals surface area contributed by atoms with Crippen molar-refractivity contribution in [2.75, 3.05) is 19.0 Å². The number of rotatable bonds is 6. The van der Waals surface area contributed by atoms with Crippen LogP contribution in [0.25, 0.3) is 10.2 Å². The fourth-order valence-corrected chi connectivity index (χ4v) is 3.36. The van der Waals surface area contributed by atoms with Crippen molar-refractivity contribution in [1.29, 1.82) is 0 Å². The van der Waals surface area contributed by atoms with Gasteiger partial charge in [0.25, 0.3) is 11.6 Å². The van der Waals surface area contributed by atoms with Crippen LogP contribution in [-0.2, 0) is 4.79 Å². The van der Waals surface area contributed by atoms with Gasteiger partial charge in [-0.05, 0) is 30.7 Å². The van der Waals surface area contributed by atoms with E-state index >= 15 is 0 Å². The number of ether oxygens (including phenoxy) is 2. The van der Waals surface area contributed by atoms with Crippen LogP contribution in [0.2, 0.25) is 5.02 Å². The summed E-state index contributed by atoms with van der Waals surface area (Å²) in [4.78, 5) is 26.9. The molecule has 1 aromatic heterocycles. The van der Waals surface area contributed by atoms with Gasteiger partial charge in [0.2, 0.25) is 0 Å². The number of methoxy groups -OCH3 is 1. The number of nitro benzene ring substituents is 1. The Morgan fingerprint density at radius 3 is 2.81 bits per heavy atom. The van der Waals surface area contributed by atoms with E-state index in [1.165, 1.54) is 19.2 Å². The molecular weight excluding hydrogens is 394 g/mol. The number of hydrogen-bond donors (Lipinski definition) is 1. The molecule has 0 radical (unpaired) electrons. The fourth-order valence-electron chi connectivity index (χ4n) is 2.31. The maximum absolute atomic E-state index is 12.1. The third-order valence-corrected chi connectivity index (χ3v) is 4.96. The lowest BCUT2D eigenvalue weighted by atomic mass is 10.2. The molecule has 0 fully saturated rings. The molecule has 0 saturated heterocycles. The number of amides is 1. The first kappa shape index (κ1) is 18.9. The summed E-state index contributed by atoms with van der Waals surface area (Å²) >= 11 is 7.06. The molecule has 10 heteroatoms. The van der Waals surface area contributed by atoms with Gasteiger partial charge in [0.15, 0.2) is 17.5 Å². The molecular formula is C17H14ClN3O5S. The van der Waals surface area contributed by atoms with Crippen LogP contribution in [0.1, 0.15) is 5.56 Å². The van der Waals surface area contributed by atoms with E-state index in [-0.39, 0.29) is 18.0 Å². The second kappa shape index (κ2) is 7.77. The number of aromatic nitrogens is 1. The van der Waals surface area contributed by atoms with Crippen LogP contribution in [0.4, 0.5) is 10.8 Å². The average molecular weight is 408 g/mol. The molecule has 1 N–H and O–H groups in total. The average Bonchev–Trinajstić information content (AvgIpc) is 3.04. The molecule has 0 aliphatic carbocycles. The Morgan fingerprint density at radius 2 is 2.15 bits per heavy atom. The van der Waals surface area contributed by atoms with E-state index in [1.54, 1.807) is 18.2 Å². The molecule has 0 bridgehead atoms. The van der Waals surface area contributed by atoms with Crippen LogP contribution >= 0.6 is 22.9 Å².